The van der Waals surface area contributed by atoms with Gasteiger partial charge in [0.25, 0.3) is 0 Å². The smallest absolute Gasteiger partial charge is 0.408 e. The lowest BCUT2D eigenvalue weighted by molar-refractivity contribution is -0.124. The number of hydrogen-bond acceptors (Lipinski definition) is 4. The van der Waals surface area contributed by atoms with Crippen LogP contribution in [0, 0.1) is 5.92 Å². The fourth-order valence-corrected chi connectivity index (χ4v) is 3.39. The molecule has 6 heteroatoms. The molecule has 0 spiro atoms. The summed E-state index contributed by atoms with van der Waals surface area (Å²) in [6.45, 7) is 12.2. The third-order valence-electron chi connectivity index (χ3n) is 4.58. The van der Waals surface area contributed by atoms with Crippen molar-refractivity contribution >= 4 is 12.0 Å². The highest BCUT2D eigenvalue weighted by atomic mass is 16.6. The van der Waals surface area contributed by atoms with Gasteiger partial charge in [-0.1, -0.05) is 44.2 Å². The van der Waals surface area contributed by atoms with Gasteiger partial charge in [0.15, 0.2) is 0 Å². The molecule has 156 valence electrons. The molecule has 0 aliphatic carbocycles. The van der Waals surface area contributed by atoms with Gasteiger partial charge in [-0.2, -0.15) is 0 Å². The van der Waals surface area contributed by atoms with Crippen molar-refractivity contribution in [2.45, 2.75) is 71.7 Å². The van der Waals surface area contributed by atoms with E-state index in [2.05, 4.69) is 27.7 Å². The summed E-state index contributed by atoms with van der Waals surface area (Å²) in [6.07, 6.45) is 0.940. The first-order valence-corrected chi connectivity index (χ1v) is 10.2. The lowest BCUT2D eigenvalue weighted by Crippen LogP contribution is -2.51. The van der Waals surface area contributed by atoms with Crippen molar-refractivity contribution in [3.63, 3.8) is 0 Å². The van der Waals surface area contributed by atoms with Crippen molar-refractivity contribution in [3.8, 4) is 0 Å². The largest absolute Gasteiger partial charge is 0.444 e. The number of carbonyl (C=O) groups excluding carboxylic acids is 2. The van der Waals surface area contributed by atoms with E-state index >= 15 is 0 Å². The van der Waals surface area contributed by atoms with Crippen LogP contribution < -0.4 is 10.6 Å². The normalized spacial score (nSPS) is 18.7. The van der Waals surface area contributed by atoms with Gasteiger partial charge >= 0.3 is 6.09 Å². The molecule has 1 saturated heterocycles. The van der Waals surface area contributed by atoms with Crippen molar-refractivity contribution < 1.29 is 14.3 Å². The van der Waals surface area contributed by atoms with E-state index in [1.54, 1.807) is 0 Å². The molecule has 2 rings (SSSR count). The van der Waals surface area contributed by atoms with Crippen LogP contribution in [0.1, 0.15) is 53.0 Å². The van der Waals surface area contributed by atoms with Crippen molar-refractivity contribution in [3.05, 3.63) is 35.9 Å². The maximum absolute atomic E-state index is 12.8. The molecule has 1 aliphatic rings. The lowest BCUT2D eigenvalue weighted by Gasteiger charge is -2.25. The van der Waals surface area contributed by atoms with Gasteiger partial charge in [-0.25, -0.2) is 4.79 Å². The Balaban J connectivity index is 1.87. The zero-order chi connectivity index (χ0) is 20.7. The fraction of sp³-hybridized carbons (Fsp3) is 0.636. The first-order valence-electron chi connectivity index (χ1n) is 10.2. The van der Waals surface area contributed by atoms with E-state index in [0.29, 0.717) is 6.42 Å². The third kappa shape index (κ3) is 7.89. The number of ether oxygens (including phenoxy) is 1. The van der Waals surface area contributed by atoms with Gasteiger partial charge in [0.1, 0.15) is 11.6 Å². The number of alkyl carbamates (subject to hydrolysis) is 1. The van der Waals surface area contributed by atoms with Gasteiger partial charge in [0, 0.05) is 25.7 Å². The molecule has 0 bridgehead atoms. The highest BCUT2D eigenvalue weighted by Crippen LogP contribution is 2.15. The number of nitrogens with one attached hydrogen (secondary N) is 2. The molecule has 2 N–H and O–H groups in total. The van der Waals surface area contributed by atoms with Crippen LogP contribution in [0.15, 0.2) is 30.3 Å². The van der Waals surface area contributed by atoms with Crippen LogP contribution in [0.3, 0.4) is 0 Å². The van der Waals surface area contributed by atoms with E-state index in [-0.39, 0.29) is 17.9 Å². The van der Waals surface area contributed by atoms with Gasteiger partial charge in [0.2, 0.25) is 5.91 Å². The minimum Gasteiger partial charge on any atom is -0.444 e. The molecular formula is C22H35N3O3. The summed E-state index contributed by atoms with van der Waals surface area (Å²) in [5, 5.41) is 5.86. The van der Waals surface area contributed by atoms with Crippen molar-refractivity contribution in [1.29, 1.82) is 0 Å². The first-order chi connectivity index (χ1) is 13.1. The Morgan fingerprint density at radius 3 is 2.50 bits per heavy atom. The van der Waals surface area contributed by atoms with Gasteiger partial charge in [0.05, 0.1) is 0 Å². The number of carbonyl (C=O) groups is 2. The van der Waals surface area contributed by atoms with Crippen molar-refractivity contribution in [1.82, 2.24) is 15.5 Å². The number of likely N-dealkylation sites (tertiary alicyclic amines) is 1. The average Bonchev–Trinajstić information content (AvgIpc) is 3.00. The Labute approximate surface area is 169 Å². The highest BCUT2D eigenvalue weighted by molar-refractivity contribution is 5.85. The van der Waals surface area contributed by atoms with Crippen molar-refractivity contribution in [2.24, 2.45) is 5.92 Å². The second-order valence-corrected chi connectivity index (χ2v) is 9.04. The molecule has 6 nitrogen and oxygen atoms in total. The predicted octanol–water partition coefficient (Wildman–Crippen LogP) is 3.32. The highest BCUT2D eigenvalue weighted by Gasteiger charge is 2.29. The van der Waals surface area contributed by atoms with E-state index in [4.69, 9.17) is 4.74 Å². The zero-order valence-electron chi connectivity index (χ0n) is 17.8. The fourth-order valence-electron chi connectivity index (χ4n) is 3.39. The van der Waals surface area contributed by atoms with Crippen LogP contribution >= 0.6 is 0 Å². The molecule has 0 radical (unpaired) electrons. The molecule has 1 heterocycles. The van der Waals surface area contributed by atoms with Crippen LogP contribution in [0.5, 0.6) is 0 Å². The summed E-state index contributed by atoms with van der Waals surface area (Å²) in [7, 11) is 0. The number of amides is 2. The molecule has 2 atom stereocenters. The molecule has 0 saturated carbocycles. The molecule has 1 fully saturated rings. The minimum absolute atomic E-state index is 0.103. The topological polar surface area (TPSA) is 70.7 Å². The standard InChI is InChI=1S/C22H35N3O3/c1-16(2)13-19(24-21(27)28-22(3,4)5)20(26)23-18-11-12-25(15-18)14-17-9-7-6-8-10-17/h6-10,16,18-19H,11-15H2,1-5H3,(H,23,26)(H,24,27)/t18-,19-/m0/s1. The SMILES string of the molecule is CC(C)C[C@H](NC(=O)OC(C)(C)C)C(=O)N[C@H]1CCN(Cc2ccccc2)C1. The molecule has 1 aromatic rings. The van der Waals surface area contributed by atoms with E-state index in [1.165, 1.54) is 5.56 Å². The number of benzene rings is 1. The summed E-state index contributed by atoms with van der Waals surface area (Å²) in [6, 6.07) is 9.87. The van der Waals surface area contributed by atoms with Crippen molar-refractivity contribution in [2.75, 3.05) is 13.1 Å². The van der Waals surface area contributed by atoms with Crippen LogP contribution in [-0.2, 0) is 16.1 Å². The molecule has 0 aromatic heterocycles. The Morgan fingerprint density at radius 2 is 1.89 bits per heavy atom. The van der Waals surface area contributed by atoms with Crippen LogP contribution in [-0.4, -0.2) is 47.7 Å². The predicted molar refractivity (Wildman–Crippen MR) is 111 cm³/mol. The molecular weight excluding hydrogens is 354 g/mol. The summed E-state index contributed by atoms with van der Waals surface area (Å²) in [4.78, 5) is 27.3. The van der Waals surface area contributed by atoms with E-state index in [0.717, 1.165) is 26.1 Å². The summed E-state index contributed by atoms with van der Waals surface area (Å²) in [5.74, 6) is 0.148. The molecule has 1 aromatic carbocycles. The van der Waals surface area contributed by atoms with Crippen LogP contribution in [0.4, 0.5) is 4.79 Å². The maximum atomic E-state index is 12.8. The average molecular weight is 390 g/mol. The molecule has 1 aliphatic heterocycles. The molecule has 0 unspecified atom stereocenters. The quantitative estimate of drug-likeness (QED) is 0.751. The van der Waals surface area contributed by atoms with E-state index in [9.17, 15) is 9.59 Å². The Kier molecular flexibility index (Phi) is 7.87. The molecule has 28 heavy (non-hydrogen) atoms. The summed E-state index contributed by atoms with van der Waals surface area (Å²) in [5.41, 5.74) is 0.686. The summed E-state index contributed by atoms with van der Waals surface area (Å²) < 4.78 is 5.32. The minimum atomic E-state index is -0.591. The van der Waals surface area contributed by atoms with E-state index in [1.807, 2.05) is 52.8 Å². The Bertz CT molecular complexity index is 640. The van der Waals surface area contributed by atoms with Gasteiger partial charge in [-0.3, -0.25) is 9.69 Å². The monoisotopic (exact) mass is 389 g/mol. The van der Waals surface area contributed by atoms with Gasteiger partial charge in [-0.15, -0.1) is 0 Å². The number of rotatable bonds is 7. The summed E-state index contributed by atoms with van der Waals surface area (Å²) >= 11 is 0. The second-order valence-electron chi connectivity index (χ2n) is 9.04. The molecule has 2 amide bonds. The van der Waals surface area contributed by atoms with Gasteiger partial charge in [-0.05, 0) is 45.1 Å². The van der Waals surface area contributed by atoms with Crippen LogP contribution in [0.25, 0.3) is 0 Å². The third-order valence-corrected chi connectivity index (χ3v) is 4.58. The number of hydrogen-bond donors (Lipinski definition) is 2. The van der Waals surface area contributed by atoms with Gasteiger partial charge < -0.3 is 15.4 Å². The number of nitrogens with zero attached hydrogens (tertiary/aromatic N) is 1. The van der Waals surface area contributed by atoms with E-state index < -0.39 is 17.7 Å². The Hall–Kier alpha value is -2.08. The zero-order valence-corrected chi connectivity index (χ0v) is 17.8. The second kappa shape index (κ2) is 9.92. The Morgan fingerprint density at radius 1 is 1.21 bits per heavy atom. The van der Waals surface area contributed by atoms with Crippen LogP contribution in [0.2, 0.25) is 0 Å². The first kappa shape index (κ1) is 22.2. The lowest BCUT2D eigenvalue weighted by atomic mass is 10.0. The maximum Gasteiger partial charge on any atom is 0.408 e.